The fourth-order valence-corrected chi connectivity index (χ4v) is 1.89. The molecule has 0 aliphatic heterocycles. The standard InChI is InChI=1S/C13H26N4/c1-5-16(6-2)9-8-14-10-13-11-17(7-3)15-12(13)4/h11,14H,5-10H2,1-4H3. The monoisotopic (exact) mass is 238 g/mol. The first-order chi connectivity index (χ1) is 8.21. The molecular weight excluding hydrogens is 212 g/mol. The quantitative estimate of drug-likeness (QED) is 0.699. The molecule has 0 saturated carbocycles. The van der Waals surface area contributed by atoms with E-state index in [0.717, 1.165) is 45.0 Å². The lowest BCUT2D eigenvalue weighted by atomic mass is 10.2. The highest BCUT2D eigenvalue weighted by atomic mass is 15.3. The first kappa shape index (κ1) is 14.2. The maximum Gasteiger partial charge on any atom is 0.0638 e. The van der Waals surface area contributed by atoms with Gasteiger partial charge in [-0.2, -0.15) is 5.10 Å². The molecule has 0 aromatic carbocycles. The van der Waals surface area contributed by atoms with Gasteiger partial charge in [0.05, 0.1) is 5.69 Å². The van der Waals surface area contributed by atoms with Crippen molar-refractivity contribution < 1.29 is 0 Å². The molecule has 98 valence electrons. The molecule has 1 aromatic heterocycles. The number of likely N-dealkylation sites (N-methyl/N-ethyl adjacent to an activating group) is 1. The summed E-state index contributed by atoms with van der Waals surface area (Å²) in [6, 6.07) is 0. The summed E-state index contributed by atoms with van der Waals surface area (Å²) in [6.07, 6.45) is 2.14. The predicted octanol–water partition coefficient (Wildman–Crippen LogP) is 1.64. The highest BCUT2D eigenvalue weighted by molar-refractivity contribution is 5.14. The minimum absolute atomic E-state index is 0.924. The number of hydrogen-bond donors (Lipinski definition) is 1. The maximum absolute atomic E-state index is 4.44. The summed E-state index contributed by atoms with van der Waals surface area (Å²) >= 11 is 0. The van der Waals surface area contributed by atoms with Crippen LogP contribution in [0.5, 0.6) is 0 Å². The van der Waals surface area contributed by atoms with Gasteiger partial charge in [0.15, 0.2) is 0 Å². The molecule has 4 nitrogen and oxygen atoms in total. The van der Waals surface area contributed by atoms with E-state index < -0.39 is 0 Å². The van der Waals surface area contributed by atoms with Crippen LogP contribution in [-0.2, 0) is 13.1 Å². The van der Waals surface area contributed by atoms with Crippen LogP contribution in [0.3, 0.4) is 0 Å². The molecule has 0 spiro atoms. The molecule has 1 heterocycles. The summed E-state index contributed by atoms with van der Waals surface area (Å²) in [7, 11) is 0. The van der Waals surface area contributed by atoms with Gasteiger partial charge in [-0.15, -0.1) is 0 Å². The number of nitrogens with zero attached hydrogens (tertiary/aromatic N) is 3. The number of nitrogens with one attached hydrogen (secondary N) is 1. The Labute approximate surface area is 105 Å². The second kappa shape index (κ2) is 7.45. The maximum atomic E-state index is 4.44. The van der Waals surface area contributed by atoms with Gasteiger partial charge in [0.2, 0.25) is 0 Å². The summed E-state index contributed by atoms with van der Waals surface area (Å²) < 4.78 is 2.00. The predicted molar refractivity (Wildman–Crippen MR) is 72.1 cm³/mol. The minimum atomic E-state index is 0.924. The van der Waals surface area contributed by atoms with Gasteiger partial charge in [0.25, 0.3) is 0 Å². The minimum Gasteiger partial charge on any atom is -0.311 e. The summed E-state index contributed by atoms with van der Waals surface area (Å²) in [6.45, 7) is 14.9. The molecule has 0 atom stereocenters. The SMILES string of the molecule is CCN(CC)CCNCc1cn(CC)nc1C. The van der Waals surface area contributed by atoms with Crippen molar-refractivity contribution in [3.63, 3.8) is 0 Å². The Bertz CT molecular complexity index is 315. The molecule has 17 heavy (non-hydrogen) atoms. The smallest absolute Gasteiger partial charge is 0.0638 e. The Kier molecular flexibility index (Phi) is 6.22. The first-order valence-electron chi connectivity index (χ1n) is 6.67. The van der Waals surface area contributed by atoms with Crippen LogP contribution in [0.2, 0.25) is 0 Å². The zero-order chi connectivity index (χ0) is 12.7. The van der Waals surface area contributed by atoms with Crippen molar-refractivity contribution in [1.82, 2.24) is 20.0 Å². The van der Waals surface area contributed by atoms with Gasteiger partial charge >= 0.3 is 0 Å². The molecule has 0 bridgehead atoms. The lowest BCUT2D eigenvalue weighted by Crippen LogP contribution is -2.31. The fraction of sp³-hybridized carbons (Fsp3) is 0.769. The lowest BCUT2D eigenvalue weighted by molar-refractivity contribution is 0.302. The van der Waals surface area contributed by atoms with Crippen LogP contribution >= 0.6 is 0 Å². The third-order valence-corrected chi connectivity index (χ3v) is 3.19. The Hall–Kier alpha value is -0.870. The Morgan fingerprint density at radius 2 is 2.00 bits per heavy atom. The van der Waals surface area contributed by atoms with E-state index in [4.69, 9.17) is 0 Å². The van der Waals surface area contributed by atoms with Crippen molar-refractivity contribution in [2.24, 2.45) is 0 Å². The Morgan fingerprint density at radius 3 is 2.53 bits per heavy atom. The summed E-state index contributed by atoms with van der Waals surface area (Å²) in [4.78, 5) is 2.43. The molecule has 4 heteroatoms. The largest absolute Gasteiger partial charge is 0.311 e. The van der Waals surface area contributed by atoms with Crippen LogP contribution in [0.1, 0.15) is 32.0 Å². The highest BCUT2D eigenvalue weighted by Gasteiger charge is 2.03. The van der Waals surface area contributed by atoms with Crippen LogP contribution in [0.4, 0.5) is 0 Å². The number of aryl methyl sites for hydroxylation is 2. The third kappa shape index (κ3) is 4.48. The molecule has 0 saturated heterocycles. The van der Waals surface area contributed by atoms with E-state index >= 15 is 0 Å². The molecule has 0 radical (unpaired) electrons. The van der Waals surface area contributed by atoms with Crippen molar-refractivity contribution in [2.45, 2.75) is 40.8 Å². The number of hydrogen-bond acceptors (Lipinski definition) is 3. The van der Waals surface area contributed by atoms with Crippen LogP contribution < -0.4 is 5.32 Å². The molecule has 0 aliphatic rings. The van der Waals surface area contributed by atoms with Crippen LogP contribution in [0, 0.1) is 6.92 Å². The molecule has 0 aliphatic carbocycles. The fourth-order valence-electron chi connectivity index (χ4n) is 1.89. The molecule has 1 rings (SSSR count). The van der Waals surface area contributed by atoms with E-state index in [1.807, 2.05) is 4.68 Å². The van der Waals surface area contributed by atoms with Crippen molar-refractivity contribution in [3.05, 3.63) is 17.5 Å². The molecule has 1 N–H and O–H groups in total. The number of aromatic nitrogens is 2. The van der Waals surface area contributed by atoms with Gasteiger partial charge in [0.1, 0.15) is 0 Å². The second-order valence-corrected chi connectivity index (χ2v) is 4.30. The molecule has 0 fully saturated rings. The first-order valence-corrected chi connectivity index (χ1v) is 6.67. The van der Waals surface area contributed by atoms with Gasteiger partial charge in [-0.25, -0.2) is 0 Å². The van der Waals surface area contributed by atoms with Crippen LogP contribution in [0.15, 0.2) is 6.20 Å². The zero-order valence-corrected chi connectivity index (χ0v) is 11.7. The van der Waals surface area contributed by atoms with E-state index in [2.05, 4.69) is 49.2 Å². The van der Waals surface area contributed by atoms with Crippen molar-refractivity contribution in [3.8, 4) is 0 Å². The molecular formula is C13H26N4. The van der Waals surface area contributed by atoms with Crippen molar-refractivity contribution in [1.29, 1.82) is 0 Å². The van der Waals surface area contributed by atoms with Gasteiger partial charge in [-0.05, 0) is 26.9 Å². The topological polar surface area (TPSA) is 33.1 Å². The lowest BCUT2D eigenvalue weighted by Gasteiger charge is -2.17. The summed E-state index contributed by atoms with van der Waals surface area (Å²) in [5.41, 5.74) is 2.45. The van der Waals surface area contributed by atoms with Gasteiger partial charge in [0, 0.05) is 37.9 Å². The summed E-state index contributed by atoms with van der Waals surface area (Å²) in [5.74, 6) is 0. The number of rotatable bonds is 8. The summed E-state index contributed by atoms with van der Waals surface area (Å²) in [5, 5.41) is 7.93. The van der Waals surface area contributed by atoms with Gasteiger partial charge in [-0.3, -0.25) is 4.68 Å². The van der Waals surface area contributed by atoms with E-state index in [1.54, 1.807) is 0 Å². The Balaban J connectivity index is 2.28. The molecule has 1 aromatic rings. The molecule has 0 unspecified atom stereocenters. The van der Waals surface area contributed by atoms with E-state index in [1.165, 1.54) is 5.56 Å². The van der Waals surface area contributed by atoms with Gasteiger partial charge in [-0.1, -0.05) is 13.8 Å². The average Bonchev–Trinajstić information content (AvgIpc) is 2.70. The van der Waals surface area contributed by atoms with E-state index in [9.17, 15) is 0 Å². The van der Waals surface area contributed by atoms with Crippen molar-refractivity contribution >= 4 is 0 Å². The van der Waals surface area contributed by atoms with Crippen LogP contribution in [0.25, 0.3) is 0 Å². The van der Waals surface area contributed by atoms with Crippen LogP contribution in [-0.4, -0.2) is 40.9 Å². The van der Waals surface area contributed by atoms with Crippen molar-refractivity contribution in [2.75, 3.05) is 26.2 Å². The second-order valence-electron chi connectivity index (χ2n) is 4.30. The van der Waals surface area contributed by atoms with E-state index in [-0.39, 0.29) is 0 Å². The van der Waals surface area contributed by atoms with Gasteiger partial charge < -0.3 is 10.2 Å². The van der Waals surface area contributed by atoms with E-state index in [0.29, 0.717) is 0 Å². The third-order valence-electron chi connectivity index (χ3n) is 3.19. The normalized spacial score (nSPS) is 11.4. The average molecular weight is 238 g/mol. The highest BCUT2D eigenvalue weighted by Crippen LogP contribution is 2.04. The Morgan fingerprint density at radius 1 is 1.29 bits per heavy atom. The molecule has 0 amide bonds. The zero-order valence-electron chi connectivity index (χ0n) is 11.7.